The Balaban J connectivity index is 2.23. The van der Waals surface area contributed by atoms with E-state index in [-0.39, 0.29) is 5.56 Å². The minimum Gasteiger partial charge on any atom is -0.478 e. The van der Waals surface area contributed by atoms with Crippen molar-refractivity contribution in [2.24, 2.45) is 0 Å². The number of carbonyl (C=O) groups is 1. The lowest BCUT2D eigenvalue weighted by Gasteiger charge is -2.07. The normalized spacial score (nSPS) is 10.2. The molecule has 4 heteroatoms. The van der Waals surface area contributed by atoms with Crippen LogP contribution < -0.4 is 0 Å². The molecule has 0 aliphatic heterocycles. The molecular weight excluding hydrogens is 264 g/mol. The second kappa shape index (κ2) is 5.06. The summed E-state index contributed by atoms with van der Waals surface area (Å²) in [5.74, 6) is -0.959. The molecule has 0 fully saturated rings. The molecule has 0 amide bonds. The Morgan fingerprint density at radius 1 is 1.14 bits per heavy atom. The minimum atomic E-state index is -0.959. The number of nitriles is 1. The van der Waals surface area contributed by atoms with E-state index >= 15 is 0 Å². The molecule has 1 aromatic heterocycles. The molecule has 2 aromatic carbocycles. The first-order chi connectivity index (χ1) is 10.2. The maximum absolute atomic E-state index is 11.1. The molecule has 100 valence electrons. The molecule has 3 rings (SSSR count). The molecule has 1 heterocycles. The van der Waals surface area contributed by atoms with Gasteiger partial charge in [0.05, 0.1) is 16.8 Å². The van der Waals surface area contributed by atoms with Crippen molar-refractivity contribution in [2.45, 2.75) is 0 Å². The number of aromatic nitrogens is 1. The first kappa shape index (κ1) is 12.8. The van der Waals surface area contributed by atoms with Crippen molar-refractivity contribution >= 4 is 16.7 Å². The van der Waals surface area contributed by atoms with E-state index in [0.717, 1.165) is 16.3 Å². The van der Waals surface area contributed by atoms with Crippen LogP contribution in [0.2, 0.25) is 0 Å². The van der Waals surface area contributed by atoms with E-state index in [1.165, 1.54) is 6.20 Å². The Morgan fingerprint density at radius 3 is 2.67 bits per heavy atom. The molecule has 0 atom stereocenters. The van der Waals surface area contributed by atoms with Gasteiger partial charge in [0.1, 0.15) is 6.07 Å². The van der Waals surface area contributed by atoms with Gasteiger partial charge in [0, 0.05) is 11.8 Å². The number of hydrogen-bond acceptors (Lipinski definition) is 3. The Kier molecular flexibility index (Phi) is 3.09. The predicted octanol–water partition coefficient (Wildman–Crippen LogP) is 3.47. The lowest BCUT2D eigenvalue weighted by Crippen LogP contribution is -1.96. The Labute approximate surface area is 120 Å². The predicted molar refractivity (Wildman–Crippen MR) is 78.9 cm³/mol. The van der Waals surface area contributed by atoms with Crippen molar-refractivity contribution in [3.8, 4) is 17.3 Å². The third-order valence-corrected chi connectivity index (χ3v) is 3.30. The van der Waals surface area contributed by atoms with Gasteiger partial charge in [-0.2, -0.15) is 5.26 Å². The van der Waals surface area contributed by atoms with Gasteiger partial charge >= 0.3 is 5.97 Å². The quantitative estimate of drug-likeness (QED) is 0.776. The molecule has 3 aromatic rings. The van der Waals surface area contributed by atoms with E-state index in [4.69, 9.17) is 10.4 Å². The van der Waals surface area contributed by atoms with Gasteiger partial charge in [-0.15, -0.1) is 0 Å². The summed E-state index contributed by atoms with van der Waals surface area (Å²) in [4.78, 5) is 15.4. The Bertz CT molecular complexity index is 877. The highest BCUT2D eigenvalue weighted by Crippen LogP contribution is 2.28. The SMILES string of the molecule is N#Cc1ccc(-c2cccc3ccc(C(=O)O)cc23)nc1. The van der Waals surface area contributed by atoms with Crippen LogP contribution in [0, 0.1) is 11.3 Å². The summed E-state index contributed by atoms with van der Waals surface area (Å²) in [7, 11) is 0. The fraction of sp³-hybridized carbons (Fsp3) is 0. The zero-order chi connectivity index (χ0) is 14.8. The Hall–Kier alpha value is -3.19. The summed E-state index contributed by atoms with van der Waals surface area (Å²) >= 11 is 0. The number of benzene rings is 2. The summed E-state index contributed by atoms with van der Waals surface area (Å²) in [5.41, 5.74) is 2.29. The number of aromatic carboxylic acids is 1. The van der Waals surface area contributed by atoms with Gasteiger partial charge in [-0.1, -0.05) is 24.3 Å². The summed E-state index contributed by atoms with van der Waals surface area (Å²) in [6, 6.07) is 16.2. The number of carboxylic acids is 1. The Morgan fingerprint density at radius 2 is 2.00 bits per heavy atom. The second-order valence-electron chi connectivity index (χ2n) is 4.59. The van der Waals surface area contributed by atoms with Crippen LogP contribution in [0.25, 0.3) is 22.0 Å². The average Bonchev–Trinajstić information content (AvgIpc) is 2.54. The molecule has 0 radical (unpaired) electrons. The first-order valence-corrected chi connectivity index (χ1v) is 6.31. The summed E-state index contributed by atoms with van der Waals surface area (Å²) < 4.78 is 0. The molecule has 0 saturated heterocycles. The van der Waals surface area contributed by atoms with Crippen molar-refractivity contribution < 1.29 is 9.90 Å². The van der Waals surface area contributed by atoms with Crippen molar-refractivity contribution in [1.82, 2.24) is 4.98 Å². The van der Waals surface area contributed by atoms with Crippen LogP contribution in [0.4, 0.5) is 0 Å². The van der Waals surface area contributed by atoms with Crippen molar-refractivity contribution in [3.63, 3.8) is 0 Å². The van der Waals surface area contributed by atoms with Crippen LogP contribution in [0.15, 0.2) is 54.7 Å². The topological polar surface area (TPSA) is 74.0 Å². The molecule has 0 aliphatic carbocycles. The smallest absolute Gasteiger partial charge is 0.335 e. The largest absolute Gasteiger partial charge is 0.478 e. The monoisotopic (exact) mass is 274 g/mol. The molecule has 0 bridgehead atoms. The van der Waals surface area contributed by atoms with Gasteiger partial charge in [0.2, 0.25) is 0 Å². The zero-order valence-corrected chi connectivity index (χ0v) is 10.9. The molecule has 0 saturated carbocycles. The second-order valence-corrected chi connectivity index (χ2v) is 4.59. The van der Waals surface area contributed by atoms with Crippen LogP contribution >= 0.6 is 0 Å². The van der Waals surface area contributed by atoms with Crippen LogP contribution in [0.1, 0.15) is 15.9 Å². The van der Waals surface area contributed by atoms with E-state index in [2.05, 4.69) is 4.98 Å². The number of carboxylic acid groups (broad SMARTS) is 1. The molecular formula is C17H10N2O2. The number of fused-ring (bicyclic) bond motifs is 1. The van der Waals surface area contributed by atoms with Gasteiger partial charge in [0.15, 0.2) is 0 Å². The van der Waals surface area contributed by atoms with Gasteiger partial charge in [0.25, 0.3) is 0 Å². The molecule has 0 spiro atoms. The summed E-state index contributed by atoms with van der Waals surface area (Å²) in [6.45, 7) is 0. The summed E-state index contributed by atoms with van der Waals surface area (Å²) in [5, 5.41) is 19.7. The van der Waals surface area contributed by atoms with Crippen LogP contribution in [-0.2, 0) is 0 Å². The molecule has 0 aliphatic rings. The maximum Gasteiger partial charge on any atom is 0.335 e. The lowest BCUT2D eigenvalue weighted by atomic mass is 9.99. The highest BCUT2D eigenvalue weighted by Gasteiger charge is 2.09. The number of pyridine rings is 1. The average molecular weight is 274 g/mol. The minimum absolute atomic E-state index is 0.239. The number of nitrogens with zero attached hydrogens (tertiary/aromatic N) is 2. The molecule has 1 N–H and O–H groups in total. The van der Waals surface area contributed by atoms with E-state index < -0.39 is 5.97 Å². The van der Waals surface area contributed by atoms with E-state index in [1.807, 2.05) is 24.3 Å². The molecule has 0 unspecified atom stereocenters. The van der Waals surface area contributed by atoms with Crippen LogP contribution in [-0.4, -0.2) is 16.1 Å². The number of hydrogen-bond donors (Lipinski definition) is 1. The van der Waals surface area contributed by atoms with Crippen LogP contribution in [0.5, 0.6) is 0 Å². The van der Waals surface area contributed by atoms with Gasteiger partial charge in [-0.3, -0.25) is 4.98 Å². The third-order valence-electron chi connectivity index (χ3n) is 3.30. The van der Waals surface area contributed by atoms with Crippen molar-refractivity contribution in [1.29, 1.82) is 5.26 Å². The van der Waals surface area contributed by atoms with Crippen molar-refractivity contribution in [3.05, 3.63) is 65.9 Å². The van der Waals surface area contributed by atoms with Crippen LogP contribution in [0.3, 0.4) is 0 Å². The van der Waals surface area contributed by atoms with Gasteiger partial charge < -0.3 is 5.11 Å². The lowest BCUT2D eigenvalue weighted by molar-refractivity contribution is 0.0697. The van der Waals surface area contributed by atoms with Crippen molar-refractivity contribution in [2.75, 3.05) is 0 Å². The number of rotatable bonds is 2. The molecule has 4 nitrogen and oxygen atoms in total. The zero-order valence-electron chi connectivity index (χ0n) is 10.9. The molecule has 21 heavy (non-hydrogen) atoms. The fourth-order valence-corrected chi connectivity index (χ4v) is 2.25. The first-order valence-electron chi connectivity index (χ1n) is 6.31. The van der Waals surface area contributed by atoms with Gasteiger partial charge in [-0.05, 0) is 35.0 Å². The fourth-order valence-electron chi connectivity index (χ4n) is 2.25. The highest BCUT2D eigenvalue weighted by molar-refractivity contribution is 6.00. The van der Waals surface area contributed by atoms with E-state index in [1.54, 1.807) is 30.3 Å². The summed E-state index contributed by atoms with van der Waals surface area (Å²) in [6.07, 6.45) is 1.51. The van der Waals surface area contributed by atoms with Gasteiger partial charge in [-0.25, -0.2) is 4.79 Å². The maximum atomic E-state index is 11.1. The standard InChI is InChI=1S/C17H10N2O2/c18-9-11-4-7-16(19-10-11)14-3-1-2-12-5-6-13(17(20)21)8-15(12)14/h1-8,10H,(H,20,21). The van der Waals surface area contributed by atoms with E-state index in [9.17, 15) is 4.79 Å². The highest BCUT2D eigenvalue weighted by atomic mass is 16.4. The third kappa shape index (κ3) is 2.33. The van der Waals surface area contributed by atoms with E-state index in [0.29, 0.717) is 11.3 Å².